The number of carboxylic acid groups (broad SMARTS) is 1. The fourth-order valence-electron chi connectivity index (χ4n) is 2.77. The minimum Gasteiger partial charge on any atom is -0.493 e. The van der Waals surface area contributed by atoms with Gasteiger partial charge in [0.1, 0.15) is 12.3 Å². The summed E-state index contributed by atoms with van der Waals surface area (Å²) in [6.45, 7) is 0.373. The van der Waals surface area contributed by atoms with Crippen molar-refractivity contribution in [2.75, 3.05) is 7.11 Å². The molecule has 0 aliphatic rings. The van der Waals surface area contributed by atoms with E-state index in [0.717, 1.165) is 9.13 Å². The molecule has 7 heteroatoms. The summed E-state index contributed by atoms with van der Waals surface area (Å²) >= 11 is 2.25. The number of benzene rings is 3. The largest absolute Gasteiger partial charge is 0.493 e. The maximum atomic E-state index is 12.3. The van der Waals surface area contributed by atoms with E-state index >= 15 is 0 Å². The van der Waals surface area contributed by atoms with Crippen molar-refractivity contribution in [1.82, 2.24) is 5.32 Å². The van der Waals surface area contributed by atoms with Gasteiger partial charge in [-0.2, -0.15) is 0 Å². The van der Waals surface area contributed by atoms with E-state index in [-0.39, 0.29) is 5.70 Å². The van der Waals surface area contributed by atoms with Crippen LogP contribution in [0.15, 0.2) is 78.5 Å². The summed E-state index contributed by atoms with van der Waals surface area (Å²) in [5.41, 5.74) is 1.71. The number of carboxylic acids is 1. The van der Waals surface area contributed by atoms with E-state index in [2.05, 4.69) is 27.9 Å². The molecule has 2 N–H and O–H groups in total. The number of rotatable bonds is 8. The Morgan fingerprint density at radius 3 is 2.39 bits per heavy atom. The van der Waals surface area contributed by atoms with Gasteiger partial charge in [0.25, 0.3) is 5.91 Å². The van der Waals surface area contributed by atoms with Gasteiger partial charge in [-0.25, -0.2) is 4.79 Å². The summed E-state index contributed by atoms with van der Waals surface area (Å²) in [5.74, 6) is -0.760. The molecule has 3 rings (SSSR count). The predicted octanol–water partition coefficient (Wildman–Crippen LogP) is 4.73. The first-order valence-electron chi connectivity index (χ1n) is 9.33. The minimum absolute atomic E-state index is 0.247. The number of ether oxygens (including phenoxy) is 2. The number of nitrogens with one attached hydrogen (secondary N) is 1. The molecule has 3 aromatic rings. The van der Waals surface area contributed by atoms with Gasteiger partial charge in [0.15, 0.2) is 11.5 Å². The molecule has 0 aliphatic heterocycles. The van der Waals surface area contributed by atoms with Crippen LogP contribution in [0, 0.1) is 3.57 Å². The average Bonchev–Trinajstić information content (AvgIpc) is 2.79. The summed E-state index contributed by atoms with van der Waals surface area (Å²) in [6.07, 6.45) is 1.37. The second kappa shape index (κ2) is 10.6. The number of methoxy groups -OCH3 is 1. The second-order valence-electron chi connectivity index (χ2n) is 6.47. The van der Waals surface area contributed by atoms with Crippen molar-refractivity contribution in [3.8, 4) is 11.5 Å². The molecule has 6 nitrogen and oxygen atoms in total. The lowest BCUT2D eigenvalue weighted by Crippen LogP contribution is -2.27. The van der Waals surface area contributed by atoms with Crippen LogP contribution in [0.4, 0.5) is 0 Å². The fraction of sp³-hybridized carbons (Fsp3) is 0.0833. The van der Waals surface area contributed by atoms with Crippen molar-refractivity contribution >= 4 is 40.5 Å². The number of carbonyl (C=O) groups is 2. The first-order valence-corrected chi connectivity index (χ1v) is 10.4. The molecule has 0 bridgehead atoms. The molecule has 0 fully saturated rings. The second-order valence-corrected chi connectivity index (χ2v) is 7.64. The topological polar surface area (TPSA) is 84.9 Å². The number of halogens is 1. The molecule has 0 saturated heterocycles. The Morgan fingerprint density at radius 2 is 1.71 bits per heavy atom. The molecule has 1 amide bonds. The standard InChI is InChI=1S/C24H20INO5/c1-30-22-14-16(11-12-21(22)31-15-18-9-5-6-10-19(18)25)13-20(24(28)29)26-23(27)17-7-3-2-4-8-17/h2-14H,15H2,1H3,(H,26,27)(H,28,29). The smallest absolute Gasteiger partial charge is 0.352 e. The van der Waals surface area contributed by atoms with Gasteiger partial charge in [0.2, 0.25) is 0 Å². The van der Waals surface area contributed by atoms with Crippen LogP contribution >= 0.6 is 22.6 Å². The molecular formula is C24H20INO5. The van der Waals surface area contributed by atoms with Gasteiger partial charge in [-0.3, -0.25) is 4.79 Å². The molecule has 3 aromatic carbocycles. The Bertz CT molecular complexity index is 1110. The van der Waals surface area contributed by atoms with Crippen LogP contribution in [0.3, 0.4) is 0 Å². The zero-order valence-electron chi connectivity index (χ0n) is 16.7. The third-order valence-electron chi connectivity index (χ3n) is 4.35. The normalized spacial score (nSPS) is 11.0. The van der Waals surface area contributed by atoms with Gasteiger partial charge in [-0.15, -0.1) is 0 Å². The molecule has 0 atom stereocenters. The van der Waals surface area contributed by atoms with Crippen LogP contribution in [-0.4, -0.2) is 24.1 Å². The van der Waals surface area contributed by atoms with Crippen LogP contribution in [0.5, 0.6) is 11.5 Å². The van der Waals surface area contributed by atoms with Crippen molar-refractivity contribution in [3.05, 3.63) is 98.8 Å². The molecular weight excluding hydrogens is 509 g/mol. The molecule has 0 heterocycles. The van der Waals surface area contributed by atoms with Gasteiger partial charge in [-0.1, -0.05) is 42.5 Å². The molecule has 158 valence electrons. The van der Waals surface area contributed by atoms with Gasteiger partial charge >= 0.3 is 5.97 Å². The van der Waals surface area contributed by atoms with Crippen molar-refractivity contribution in [1.29, 1.82) is 0 Å². The molecule has 0 aliphatic carbocycles. The Labute approximate surface area is 193 Å². The van der Waals surface area contributed by atoms with Gasteiger partial charge < -0.3 is 19.9 Å². The summed E-state index contributed by atoms with van der Waals surface area (Å²) < 4.78 is 12.4. The predicted molar refractivity (Wildman–Crippen MR) is 126 cm³/mol. The summed E-state index contributed by atoms with van der Waals surface area (Å²) in [4.78, 5) is 24.0. The highest BCUT2D eigenvalue weighted by Crippen LogP contribution is 2.30. The van der Waals surface area contributed by atoms with Gasteiger partial charge in [0.05, 0.1) is 7.11 Å². The van der Waals surface area contributed by atoms with Crippen molar-refractivity contribution in [2.24, 2.45) is 0 Å². The van der Waals surface area contributed by atoms with Crippen LogP contribution < -0.4 is 14.8 Å². The Morgan fingerprint density at radius 1 is 1.00 bits per heavy atom. The summed E-state index contributed by atoms with van der Waals surface area (Å²) in [6, 6.07) is 21.4. The number of hydrogen-bond donors (Lipinski definition) is 2. The van der Waals surface area contributed by atoms with Crippen molar-refractivity contribution in [3.63, 3.8) is 0 Å². The van der Waals surface area contributed by atoms with E-state index in [1.807, 2.05) is 24.3 Å². The van der Waals surface area contributed by atoms with Crippen molar-refractivity contribution < 1.29 is 24.2 Å². The Balaban J connectivity index is 1.79. The van der Waals surface area contributed by atoms with Crippen molar-refractivity contribution in [2.45, 2.75) is 6.61 Å². The maximum absolute atomic E-state index is 12.3. The van der Waals surface area contributed by atoms with E-state index in [4.69, 9.17) is 9.47 Å². The lowest BCUT2D eigenvalue weighted by atomic mass is 10.1. The first kappa shape index (κ1) is 22.4. The summed E-state index contributed by atoms with van der Waals surface area (Å²) in [5, 5.41) is 11.9. The average molecular weight is 529 g/mol. The molecule has 0 radical (unpaired) electrons. The molecule has 0 aromatic heterocycles. The van der Waals surface area contributed by atoms with E-state index in [0.29, 0.717) is 29.2 Å². The summed E-state index contributed by atoms with van der Waals surface area (Å²) in [7, 11) is 1.51. The minimum atomic E-state index is -1.25. The Kier molecular flexibility index (Phi) is 7.66. The fourth-order valence-corrected chi connectivity index (χ4v) is 3.31. The van der Waals surface area contributed by atoms with Crippen LogP contribution in [-0.2, 0) is 11.4 Å². The third kappa shape index (κ3) is 6.08. The Hall–Kier alpha value is -3.33. The number of amides is 1. The lowest BCUT2D eigenvalue weighted by molar-refractivity contribution is -0.132. The van der Waals surface area contributed by atoms with Crippen LogP contribution in [0.25, 0.3) is 6.08 Å². The molecule has 0 unspecified atom stereocenters. The highest BCUT2D eigenvalue weighted by molar-refractivity contribution is 14.1. The van der Waals surface area contributed by atoms with Crippen LogP contribution in [0.1, 0.15) is 21.5 Å². The molecule has 31 heavy (non-hydrogen) atoms. The number of aliphatic carboxylic acids is 1. The maximum Gasteiger partial charge on any atom is 0.352 e. The highest BCUT2D eigenvalue weighted by Gasteiger charge is 2.14. The number of hydrogen-bond acceptors (Lipinski definition) is 4. The molecule has 0 spiro atoms. The van der Waals surface area contributed by atoms with E-state index in [1.165, 1.54) is 13.2 Å². The number of carbonyl (C=O) groups excluding carboxylic acids is 1. The zero-order chi connectivity index (χ0) is 22.2. The lowest BCUT2D eigenvalue weighted by Gasteiger charge is -2.13. The van der Waals surface area contributed by atoms with E-state index < -0.39 is 11.9 Å². The quantitative estimate of drug-likeness (QED) is 0.326. The first-order chi connectivity index (χ1) is 15.0. The van der Waals surface area contributed by atoms with Gasteiger partial charge in [-0.05, 0) is 64.6 Å². The molecule has 0 saturated carbocycles. The van der Waals surface area contributed by atoms with Gasteiger partial charge in [0, 0.05) is 14.7 Å². The zero-order valence-corrected chi connectivity index (χ0v) is 18.8. The van der Waals surface area contributed by atoms with E-state index in [1.54, 1.807) is 48.5 Å². The SMILES string of the molecule is COc1cc(C=C(NC(=O)c2ccccc2)C(=O)O)ccc1OCc1ccccc1I. The van der Waals surface area contributed by atoms with Crippen LogP contribution in [0.2, 0.25) is 0 Å². The van der Waals surface area contributed by atoms with E-state index in [9.17, 15) is 14.7 Å². The highest BCUT2D eigenvalue weighted by atomic mass is 127. The monoisotopic (exact) mass is 529 g/mol. The third-order valence-corrected chi connectivity index (χ3v) is 5.41.